The molecule has 1 amide bonds. The number of likely N-dealkylation sites (tertiary alicyclic amines) is 1. The van der Waals surface area contributed by atoms with E-state index in [2.05, 4.69) is 4.90 Å². The molecule has 3 fully saturated rings. The maximum absolute atomic E-state index is 12.5. The minimum atomic E-state index is 0.167. The Morgan fingerprint density at radius 2 is 1.84 bits per heavy atom. The van der Waals surface area contributed by atoms with Gasteiger partial charge in [0.15, 0.2) is 0 Å². The van der Waals surface area contributed by atoms with Crippen LogP contribution in [-0.4, -0.2) is 30.4 Å². The molecule has 0 aromatic rings. The van der Waals surface area contributed by atoms with Gasteiger partial charge in [-0.15, -0.1) is 0 Å². The van der Waals surface area contributed by atoms with Gasteiger partial charge >= 0.3 is 0 Å². The maximum atomic E-state index is 12.5. The lowest BCUT2D eigenvalue weighted by Crippen LogP contribution is -2.48. The zero-order valence-electron chi connectivity index (χ0n) is 12.1. The Kier molecular flexibility index (Phi) is 3.84. The van der Waals surface area contributed by atoms with Gasteiger partial charge in [-0.3, -0.25) is 4.79 Å². The van der Waals surface area contributed by atoms with E-state index in [0.29, 0.717) is 18.9 Å². The fourth-order valence-corrected chi connectivity index (χ4v) is 4.39. The Labute approximate surface area is 116 Å². The molecule has 2 aliphatic carbocycles. The molecule has 0 aromatic heterocycles. The summed E-state index contributed by atoms with van der Waals surface area (Å²) in [5, 5.41) is 0. The molecule has 3 heteroatoms. The molecule has 3 aliphatic rings. The topological polar surface area (TPSA) is 46.3 Å². The molecule has 0 spiro atoms. The van der Waals surface area contributed by atoms with Crippen LogP contribution in [0, 0.1) is 17.3 Å². The van der Waals surface area contributed by atoms with E-state index in [1.807, 2.05) is 0 Å². The quantitative estimate of drug-likeness (QED) is 0.851. The lowest BCUT2D eigenvalue weighted by molar-refractivity contribution is -0.138. The van der Waals surface area contributed by atoms with Crippen molar-refractivity contribution in [2.45, 2.75) is 57.8 Å². The molecule has 2 saturated carbocycles. The summed E-state index contributed by atoms with van der Waals surface area (Å²) in [6.07, 6.45) is 11.1. The Hall–Kier alpha value is -0.570. The highest BCUT2D eigenvalue weighted by molar-refractivity contribution is 5.77. The number of nitrogens with zero attached hydrogens (tertiary/aromatic N) is 1. The number of hydrogen-bond donors (Lipinski definition) is 1. The van der Waals surface area contributed by atoms with Crippen LogP contribution in [0.25, 0.3) is 0 Å². The molecule has 1 aliphatic heterocycles. The average molecular weight is 264 g/mol. The number of nitrogens with two attached hydrogens (primary N) is 1. The number of carbonyl (C=O) groups is 1. The van der Waals surface area contributed by atoms with E-state index in [-0.39, 0.29) is 5.41 Å². The van der Waals surface area contributed by atoms with E-state index in [9.17, 15) is 4.79 Å². The lowest BCUT2D eigenvalue weighted by Gasteiger charge is -2.45. The first-order valence-corrected chi connectivity index (χ1v) is 8.20. The first kappa shape index (κ1) is 13.4. The van der Waals surface area contributed by atoms with Crippen molar-refractivity contribution in [1.29, 1.82) is 0 Å². The highest BCUT2D eigenvalue weighted by Gasteiger charge is 2.40. The third-order valence-corrected chi connectivity index (χ3v) is 6.02. The van der Waals surface area contributed by atoms with Crippen LogP contribution in [0.15, 0.2) is 0 Å². The number of piperidine rings is 1. The molecular formula is C16H28N2O. The summed E-state index contributed by atoms with van der Waals surface area (Å²) >= 11 is 0. The number of rotatable bonds is 3. The van der Waals surface area contributed by atoms with E-state index in [4.69, 9.17) is 5.73 Å². The summed E-state index contributed by atoms with van der Waals surface area (Å²) < 4.78 is 0. The fourth-order valence-electron chi connectivity index (χ4n) is 4.39. The second kappa shape index (κ2) is 5.43. The van der Waals surface area contributed by atoms with Gasteiger partial charge in [0.25, 0.3) is 0 Å². The summed E-state index contributed by atoms with van der Waals surface area (Å²) in [5.41, 5.74) is 6.05. The Balaban J connectivity index is 1.55. The largest absolute Gasteiger partial charge is 0.342 e. The molecule has 1 saturated heterocycles. The van der Waals surface area contributed by atoms with Gasteiger partial charge in [-0.05, 0) is 49.5 Å². The maximum Gasteiger partial charge on any atom is 0.223 e. The lowest BCUT2D eigenvalue weighted by atomic mass is 9.66. The number of hydrogen-bond acceptors (Lipinski definition) is 2. The summed E-state index contributed by atoms with van der Waals surface area (Å²) in [6, 6.07) is 0. The second-order valence-electron chi connectivity index (χ2n) is 7.17. The number of amides is 1. The Morgan fingerprint density at radius 3 is 2.47 bits per heavy atom. The van der Waals surface area contributed by atoms with E-state index in [1.165, 1.54) is 38.5 Å². The van der Waals surface area contributed by atoms with E-state index < -0.39 is 0 Å². The molecule has 0 bridgehead atoms. The van der Waals surface area contributed by atoms with Crippen LogP contribution in [-0.2, 0) is 4.79 Å². The third-order valence-electron chi connectivity index (χ3n) is 6.02. The summed E-state index contributed by atoms with van der Waals surface area (Å²) in [7, 11) is 0. The summed E-state index contributed by atoms with van der Waals surface area (Å²) in [6.45, 7) is 2.73. The van der Waals surface area contributed by atoms with Gasteiger partial charge < -0.3 is 10.6 Å². The molecule has 3 nitrogen and oxygen atoms in total. The van der Waals surface area contributed by atoms with Crippen molar-refractivity contribution < 1.29 is 4.79 Å². The van der Waals surface area contributed by atoms with Crippen LogP contribution in [0.4, 0.5) is 0 Å². The Morgan fingerprint density at radius 1 is 1.11 bits per heavy atom. The van der Waals surface area contributed by atoms with Crippen LogP contribution < -0.4 is 5.73 Å². The van der Waals surface area contributed by atoms with E-state index in [0.717, 1.165) is 37.8 Å². The van der Waals surface area contributed by atoms with Gasteiger partial charge in [-0.25, -0.2) is 0 Å². The standard InChI is InChI=1S/C16H28N2O/c17-12-16(7-3-8-16)10-15(19)18-9-6-13-4-1-2-5-14(13)11-18/h13-14H,1-12,17H2. The average Bonchev–Trinajstić information content (AvgIpc) is 2.42. The predicted molar refractivity (Wildman–Crippen MR) is 76.6 cm³/mol. The van der Waals surface area contributed by atoms with Crippen LogP contribution in [0.1, 0.15) is 57.8 Å². The van der Waals surface area contributed by atoms with Crippen molar-refractivity contribution in [2.75, 3.05) is 19.6 Å². The molecule has 0 radical (unpaired) electrons. The minimum absolute atomic E-state index is 0.167. The highest BCUT2D eigenvalue weighted by atomic mass is 16.2. The minimum Gasteiger partial charge on any atom is -0.342 e. The van der Waals surface area contributed by atoms with Crippen molar-refractivity contribution >= 4 is 5.91 Å². The van der Waals surface area contributed by atoms with Crippen molar-refractivity contribution in [1.82, 2.24) is 4.90 Å². The van der Waals surface area contributed by atoms with E-state index >= 15 is 0 Å². The smallest absolute Gasteiger partial charge is 0.223 e. The number of fused-ring (bicyclic) bond motifs is 1. The second-order valence-corrected chi connectivity index (χ2v) is 7.17. The molecule has 108 valence electrons. The van der Waals surface area contributed by atoms with Crippen molar-refractivity contribution in [3.8, 4) is 0 Å². The molecule has 3 rings (SSSR count). The van der Waals surface area contributed by atoms with Crippen LogP contribution in [0.5, 0.6) is 0 Å². The van der Waals surface area contributed by atoms with Crippen molar-refractivity contribution in [3.63, 3.8) is 0 Å². The zero-order chi connectivity index (χ0) is 13.3. The fraction of sp³-hybridized carbons (Fsp3) is 0.938. The number of carbonyl (C=O) groups excluding carboxylic acids is 1. The van der Waals surface area contributed by atoms with Crippen LogP contribution in [0.3, 0.4) is 0 Å². The Bertz CT molecular complexity index is 332. The van der Waals surface area contributed by atoms with Crippen molar-refractivity contribution in [2.24, 2.45) is 23.0 Å². The molecular weight excluding hydrogens is 236 g/mol. The van der Waals surface area contributed by atoms with Crippen LogP contribution >= 0.6 is 0 Å². The van der Waals surface area contributed by atoms with Gasteiger partial charge in [0.2, 0.25) is 5.91 Å². The molecule has 19 heavy (non-hydrogen) atoms. The van der Waals surface area contributed by atoms with E-state index in [1.54, 1.807) is 0 Å². The SMILES string of the molecule is NCC1(CC(=O)N2CCC3CCCCC3C2)CCC1. The predicted octanol–water partition coefficient (Wildman–Crippen LogP) is 2.54. The first-order chi connectivity index (χ1) is 9.22. The molecule has 1 heterocycles. The molecule has 2 unspecified atom stereocenters. The van der Waals surface area contributed by atoms with Gasteiger partial charge in [-0.2, -0.15) is 0 Å². The third kappa shape index (κ3) is 2.67. The highest BCUT2D eigenvalue weighted by Crippen LogP contribution is 2.44. The molecule has 2 atom stereocenters. The summed E-state index contributed by atoms with van der Waals surface area (Å²) in [4.78, 5) is 14.7. The van der Waals surface area contributed by atoms with Crippen LogP contribution in [0.2, 0.25) is 0 Å². The zero-order valence-corrected chi connectivity index (χ0v) is 12.1. The van der Waals surface area contributed by atoms with Gasteiger partial charge in [-0.1, -0.05) is 25.7 Å². The molecule has 0 aromatic carbocycles. The monoisotopic (exact) mass is 264 g/mol. The first-order valence-electron chi connectivity index (χ1n) is 8.20. The normalized spacial score (nSPS) is 33.4. The summed E-state index contributed by atoms with van der Waals surface area (Å²) in [5.74, 6) is 2.08. The van der Waals surface area contributed by atoms with Gasteiger partial charge in [0.1, 0.15) is 0 Å². The van der Waals surface area contributed by atoms with Gasteiger partial charge in [0.05, 0.1) is 0 Å². The molecule has 2 N–H and O–H groups in total. The van der Waals surface area contributed by atoms with Gasteiger partial charge in [0, 0.05) is 19.5 Å². The van der Waals surface area contributed by atoms with Crippen molar-refractivity contribution in [3.05, 3.63) is 0 Å².